The van der Waals surface area contributed by atoms with Crippen LogP contribution in [-0.2, 0) is 32.6 Å². The van der Waals surface area contributed by atoms with Crippen molar-refractivity contribution in [2.45, 2.75) is 13.3 Å². The Kier molecular flexibility index (Phi) is 6.70. The molecule has 0 aliphatic heterocycles. The van der Waals surface area contributed by atoms with Gasteiger partial charge in [0.2, 0.25) is 0 Å². The van der Waals surface area contributed by atoms with Gasteiger partial charge in [0, 0.05) is 0 Å². The van der Waals surface area contributed by atoms with E-state index in [-0.39, 0.29) is 51.0 Å². The molecule has 0 atom stereocenters. The topological polar surface area (TPSA) is 0 Å². The van der Waals surface area contributed by atoms with Crippen molar-refractivity contribution >= 4 is 10.8 Å². The Morgan fingerprint density at radius 2 is 1.71 bits per heavy atom. The molecule has 0 bridgehead atoms. The molecule has 2 aromatic rings. The van der Waals surface area contributed by atoms with Crippen molar-refractivity contribution in [3.05, 3.63) is 59.2 Å². The second-order valence-corrected chi connectivity index (χ2v) is 3.90. The molecular weight excluding hydrogens is 330 g/mol. The molecular formula is C14H11Cl2Zr. The molecule has 1 aliphatic rings. The van der Waals surface area contributed by atoms with Crippen molar-refractivity contribution in [1.82, 2.24) is 0 Å². The van der Waals surface area contributed by atoms with Crippen LogP contribution >= 0.6 is 0 Å². The molecule has 1 radical (unpaired) electrons. The fourth-order valence-corrected chi connectivity index (χ4v) is 2.15. The first kappa shape index (κ1) is 16.9. The molecule has 0 heterocycles. The van der Waals surface area contributed by atoms with Crippen molar-refractivity contribution in [2.24, 2.45) is 0 Å². The monoisotopic (exact) mass is 339 g/mol. The minimum Gasteiger partial charge on any atom is -1.00 e. The van der Waals surface area contributed by atoms with E-state index < -0.39 is 0 Å². The molecule has 0 saturated heterocycles. The van der Waals surface area contributed by atoms with Gasteiger partial charge in [-0.05, 0) is 0 Å². The SMILES string of the molecule is CC1=[C-]c2c(ccc3ccccc23)C1.[Cl-].[Cl-].[Zr+3]. The summed E-state index contributed by atoms with van der Waals surface area (Å²) in [5, 5.41) is 2.65. The van der Waals surface area contributed by atoms with Gasteiger partial charge in [0.25, 0.3) is 0 Å². The normalized spacial score (nSPS) is 11.7. The van der Waals surface area contributed by atoms with Gasteiger partial charge in [-0.25, -0.2) is 0 Å². The van der Waals surface area contributed by atoms with Gasteiger partial charge in [-0.1, -0.05) is 43.0 Å². The van der Waals surface area contributed by atoms with Gasteiger partial charge in [0.1, 0.15) is 0 Å². The second kappa shape index (κ2) is 6.73. The van der Waals surface area contributed by atoms with Crippen LogP contribution in [-0.4, -0.2) is 0 Å². The van der Waals surface area contributed by atoms with E-state index in [1.807, 2.05) is 0 Å². The standard InChI is InChI=1S/C14H11.2ClH.Zr/c1-10-8-12-7-6-11-4-2-3-5-13(11)14(12)9-10;;;/h2-7H,8H2,1H3;2*1H;/q-1;;;+3/p-2. The van der Waals surface area contributed by atoms with Gasteiger partial charge in [-0.3, -0.25) is 0 Å². The van der Waals surface area contributed by atoms with Gasteiger partial charge in [-0.2, -0.15) is 11.6 Å². The average Bonchev–Trinajstić information content (AvgIpc) is 2.59. The fourth-order valence-electron chi connectivity index (χ4n) is 2.15. The van der Waals surface area contributed by atoms with Crippen molar-refractivity contribution in [2.75, 3.05) is 0 Å². The number of hydrogen-bond donors (Lipinski definition) is 0. The number of rotatable bonds is 0. The van der Waals surface area contributed by atoms with E-state index in [0.717, 1.165) is 6.42 Å². The summed E-state index contributed by atoms with van der Waals surface area (Å²) in [7, 11) is 0. The largest absolute Gasteiger partial charge is 3.00 e. The van der Waals surface area contributed by atoms with E-state index in [9.17, 15) is 0 Å². The summed E-state index contributed by atoms with van der Waals surface area (Å²) in [5.41, 5.74) is 4.07. The zero-order valence-corrected chi connectivity index (χ0v) is 13.4. The molecule has 0 nitrogen and oxygen atoms in total. The maximum absolute atomic E-state index is 3.46. The smallest absolute Gasteiger partial charge is 1.00 e. The minimum atomic E-state index is 0. The van der Waals surface area contributed by atoms with Crippen LogP contribution in [0.15, 0.2) is 42.0 Å². The Hall–Kier alpha value is -0.0969. The van der Waals surface area contributed by atoms with Crippen LogP contribution in [0.2, 0.25) is 0 Å². The van der Waals surface area contributed by atoms with Crippen LogP contribution in [0, 0.1) is 6.08 Å². The Labute approximate surface area is 133 Å². The van der Waals surface area contributed by atoms with E-state index in [1.165, 1.54) is 27.5 Å². The summed E-state index contributed by atoms with van der Waals surface area (Å²) in [6.07, 6.45) is 4.53. The first-order valence-corrected chi connectivity index (χ1v) is 4.95. The molecule has 2 aromatic carbocycles. The molecule has 0 saturated carbocycles. The van der Waals surface area contributed by atoms with E-state index in [4.69, 9.17) is 0 Å². The number of hydrogen-bond acceptors (Lipinski definition) is 0. The number of benzene rings is 2. The van der Waals surface area contributed by atoms with Crippen molar-refractivity contribution in [3.63, 3.8) is 0 Å². The summed E-state index contributed by atoms with van der Waals surface area (Å²) in [4.78, 5) is 0. The summed E-state index contributed by atoms with van der Waals surface area (Å²) < 4.78 is 0. The first-order valence-electron chi connectivity index (χ1n) is 4.95. The maximum atomic E-state index is 3.46. The first-order chi connectivity index (χ1) is 6.84. The number of halogens is 2. The third kappa shape index (κ3) is 3.02. The van der Waals surface area contributed by atoms with Crippen LogP contribution in [0.4, 0.5) is 0 Å². The summed E-state index contributed by atoms with van der Waals surface area (Å²) in [5.74, 6) is 0. The summed E-state index contributed by atoms with van der Waals surface area (Å²) >= 11 is 0. The van der Waals surface area contributed by atoms with Crippen LogP contribution in [0.1, 0.15) is 18.1 Å². The zero-order chi connectivity index (χ0) is 9.54. The second-order valence-electron chi connectivity index (χ2n) is 3.90. The van der Waals surface area contributed by atoms with Crippen molar-refractivity contribution < 1.29 is 51.0 Å². The molecule has 0 fully saturated rings. The predicted octanol–water partition coefficient (Wildman–Crippen LogP) is -2.50. The molecule has 85 valence electrons. The molecule has 3 rings (SSSR count). The van der Waals surface area contributed by atoms with Crippen molar-refractivity contribution in [1.29, 1.82) is 0 Å². The molecule has 0 N–H and O–H groups in total. The van der Waals surface area contributed by atoms with Crippen molar-refractivity contribution in [3.8, 4) is 0 Å². The minimum absolute atomic E-state index is 0. The Bertz CT molecular complexity index is 547. The molecule has 1 aliphatic carbocycles. The number of allylic oxidation sites excluding steroid dienone is 1. The van der Waals surface area contributed by atoms with Crippen LogP contribution in [0.25, 0.3) is 10.8 Å². The summed E-state index contributed by atoms with van der Waals surface area (Å²) in [6.45, 7) is 2.15. The molecule has 0 spiro atoms. The Morgan fingerprint density at radius 1 is 1.00 bits per heavy atom. The Morgan fingerprint density at radius 3 is 2.47 bits per heavy atom. The molecule has 0 aromatic heterocycles. The van der Waals surface area contributed by atoms with Gasteiger partial charge >= 0.3 is 26.2 Å². The Balaban J connectivity index is 0.000000853. The third-order valence-corrected chi connectivity index (χ3v) is 2.81. The van der Waals surface area contributed by atoms with E-state index in [0.29, 0.717) is 0 Å². The quantitative estimate of drug-likeness (QED) is 0.465. The molecule has 3 heteroatoms. The molecule has 0 unspecified atom stereocenters. The van der Waals surface area contributed by atoms with Gasteiger partial charge in [-0.15, -0.1) is 28.7 Å². The van der Waals surface area contributed by atoms with Crippen LogP contribution in [0.5, 0.6) is 0 Å². The average molecular weight is 341 g/mol. The van der Waals surface area contributed by atoms with E-state index >= 15 is 0 Å². The molecule has 0 amide bonds. The van der Waals surface area contributed by atoms with Gasteiger partial charge < -0.3 is 24.8 Å². The van der Waals surface area contributed by atoms with E-state index in [1.54, 1.807) is 0 Å². The van der Waals surface area contributed by atoms with Crippen LogP contribution < -0.4 is 24.8 Å². The summed E-state index contributed by atoms with van der Waals surface area (Å²) in [6, 6.07) is 12.9. The maximum Gasteiger partial charge on any atom is 3.00 e. The van der Waals surface area contributed by atoms with Gasteiger partial charge in [0.05, 0.1) is 0 Å². The fraction of sp³-hybridized carbons (Fsp3) is 0.143. The van der Waals surface area contributed by atoms with Crippen LogP contribution in [0.3, 0.4) is 0 Å². The third-order valence-electron chi connectivity index (χ3n) is 2.81. The van der Waals surface area contributed by atoms with Gasteiger partial charge in [0.15, 0.2) is 0 Å². The zero-order valence-electron chi connectivity index (χ0n) is 9.43. The molecule has 17 heavy (non-hydrogen) atoms. The number of fused-ring (bicyclic) bond motifs is 3. The predicted molar refractivity (Wildman–Crippen MR) is 59.2 cm³/mol. The van der Waals surface area contributed by atoms with E-state index in [2.05, 4.69) is 49.4 Å².